The molecule has 1 aromatic rings. The second-order valence-corrected chi connectivity index (χ2v) is 4.04. The van der Waals surface area contributed by atoms with E-state index in [0.717, 1.165) is 9.13 Å². The van der Waals surface area contributed by atoms with Gasteiger partial charge in [-0.3, -0.25) is 0 Å². The number of benzene rings is 1. The molecule has 0 aromatic heterocycles. The van der Waals surface area contributed by atoms with Gasteiger partial charge in [-0.05, 0) is 34.7 Å². The Morgan fingerprint density at radius 2 is 2.31 bits per heavy atom. The number of ether oxygens (including phenoxy) is 2. The van der Waals surface area contributed by atoms with Gasteiger partial charge in [0, 0.05) is 5.56 Å². The molecule has 0 bridgehead atoms. The van der Waals surface area contributed by atoms with Gasteiger partial charge in [-0.1, -0.05) is 17.8 Å². The smallest absolute Gasteiger partial charge is 0.174 e. The minimum Gasteiger partial charge on any atom is -0.493 e. The third kappa shape index (κ3) is 3.13. The predicted octanol–water partition coefficient (Wildman–Crippen LogP) is 2.67. The Balaban J connectivity index is 3.11. The molecule has 0 saturated heterocycles. The molecule has 0 heterocycles. The second-order valence-electron chi connectivity index (χ2n) is 2.88. The predicted molar refractivity (Wildman–Crippen MR) is 70.8 cm³/mol. The molecule has 0 radical (unpaired) electrons. The van der Waals surface area contributed by atoms with Gasteiger partial charge in [0.15, 0.2) is 11.5 Å². The first kappa shape index (κ1) is 12.8. The number of halogens is 1. The Labute approximate surface area is 108 Å². The minimum absolute atomic E-state index is 0.416. The van der Waals surface area contributed by atoms with Gasteiger partial charge in [0.2, 0.25) is 0 Å². The molecule has 16 heavy (non-hydrogen) atoms. The Kier molecular flexibility index (Phi) is 5.10. The molecule has 1 rings (SSSR count). The summed E-state index contributed by atoms with van der Waals surface area (Å²) in [6.45, 7) is 4.00. The van der Waals surface area contributed by atoms with E-state index in [4.69, 9.17) is 14.7 Å². The first-order valence-electron chi connectivity index (χ1n) is 4.51. The maximum absolute atomic E-state index is 8.47. The number of hydrogen-bond donors (Lipinski definition) is 1. The Morgan fingerprint density at radius 3 is 2.88 bits per heavy atom. The van der Waals surface area contributed by atoms with Crippen molar-refractivity contribution >= 4 is 28.8 Å². The van der Waals surface area contributed by atoms with E-state index in [-0.39, 0.29) is 0 Å². The fourth-order valence-electron chi connectivity index (χ4n) is 1.16. The lowest BCUT2D eigenvalue weighted by atomic mass is 10.2. The van der Waals surface area contributed by atoms with Crippen LogP contribution in [0.5, 0.6) is 11.5 Å². The van der Waals surface area contributed by atoms with Crippen LogP contribution >= 0.6 is 22.6 Å². The summed E-state index contributed by atoms with van der Waals surface area (Å²) in [4.78, 5) is 0. The summed E-state index contributed by atoms with van der Waals surface area (Å²) in [6, 6.07) is 3.57. The second kappa shape index (κ2) is 6.37. The van der Waals surface area contributed by atoms with Crippen molar-refractivity contribution in [2.45, 2.75) is 0 Å². The number of rotatable bonds is 5. The van der Waals surface area contributed by atoms with Crippen molar-refractivity contribution < 1.29 is 14.7 Å². The molecule has 0 aliphatic rings. The first-order valence-corrected chi connectivity index (χ1v) is 5.59. The van der Waals surface area contributed by atoms with Gasteiger partial charge in [-0.15, -0.1) is 0 Å². The molecule has 4 nitrogen and oxygen atoms in total. The lowest BCUT2D eigenvalue weighted by Crippen LogP contribution is -1.99. The summed E-state index contributed by atoms with van der Waals surface area (Å²) < 4.78 is 11.6. The highest BCUT2D eigenvalue weighted by atomic mass is 127. The van der Waals surface area contributed by atoms with E-state index in [0.29, 0.717) is 18.1 Å². The van der Waals surface area contributed by atoms with Gasteiger partial charge in [0.05, 0.1) is 16.9 Å². The highest BCUT2D eigenvalue weighted by Crippen LogP contribution is 2.33. The van der Waals surface area contributed by atoms with Crippen molar-refractivity contribution in [2.24, 2.45) is 5.16 Å². The zero-order valence-corrected chi connectivity index (χ0v) is 11.0. The summed E-state index contributed by atoms with van der Waals surface area (Å²) in [5.74, 6) is 1.27. The van der Waals surface area contributed by atoms with E-state index in [1.54, 1.807) is 19.3 Å². The fourth-order valence-corrected chi connectivity index (χ4v) is 1.94. The van der Waals surface area contributed by atoms with Gasteiger partial charge in [0.1, 0.15) is 6.61 Å². The third-order valence-electron chi connectivity index (χ3n) is 1.80. The highest BCUT2D eigenvalue weighted by Gasteiger charge is 2.10. The van der Waals surface area contributed by atoms with Crippen LogP contribution in [-0.4, -0.2) is 25.1 Å². The maximum Gasteiger partial charge on any atom is 0.174 e. The van der Waals surface area contributed by atoms with Crippen LogP contribution in [0.25, 0.3) is 0 Å². The van der Waals surface area contributed by atoms with Crippen LogP contribution in [0.1, 0.15) is 5.56 Å². The summed E-state index contributed by atoms with van der Waals surface area (Å²) in [5, 5.41) is 11.4. The van der Waals surface area contributed by atoms with E-state index < -0.39 is 0 Å². The Bertz CT molecular complexity index is 404. The largest absolute Gasteiger partial charge is 0.493 e. The molecule has 0 saturated carbocycles. The van der Waals surface area contributed by atoms with E-state index >= 15 is 0 Å². The van der Waals surface area contributed by atoms with Crippen LogP contribution in [0.4, 0.5) is 0 Å². The number of nitrogens with zero attached hydrogens (tertiary/aromatic N) is 1. The molecule has 1 N–H and O–H groups in total. The summed E-state index contributed by atoms with van der Waals surface area (Å²) >= 11 is 2.13. The lowest BCUT2D eigenvalue weighted by molar-refractivity contribution is 0.321. The van der Waals surface area contributed by atoms with Crippen LogP contribution in [-0.2, 0) is 0 Å². The van der Waals surface area contributed by atoms with Crippen LogP contribution in [0.3, 0.4) is 0 Å². The van der Waals surface area contributed by atoms with Crippen molar-refractivity contribution in [3.63, 3.8) is 0 Å². The molecule has 0 atom stereocenters. The van der Waals surface area contributed by atoms with Gasteiger partial charge >= 0.3 is 0 Å². The maximum atomic E-state index is 8.47. The average Bonchev–Trinajstić information content (AvgIpc) is 2.27. The molecular formula is C11H12INO3. The SMILES string of the molecule is C=CCOc1c(I)cc(C=NO)cc1OC. The quantitative estimate of drug-likeness (QED) is 0.296. The molecule has 1 aromatic carbocycles. The molecule has 86 valence electrons. The molecule has 0 spiro atoms. The number of hydrogen-bond acceptors (Lipinski definition) is 4. The molecule has 0 amide bonds. The van der Waals surface area contributed by atoms with Gasteiger partial charge in [0.25, 0.3) is 0 Å². The van der Waals surface area contributed by atoms with E-state index in [1.165, 1.54) is 6.21 Å². The molecule has 0 fully saturated rings. The average molecular weight is 333 g/mol. The molecule has 0 aliphatic carbocycles. The highest BCUT2D eigenvalue weighted by molar-refractivity contribution is 14.1. The van der Waals surface area contributed by atoms with Crippen LogP contribution in [0.2, 0.25) is 0 Å². The summed E-state index contributed by atoms with van der Waals surface area (Å²) in [7, 11) is 1.56. The molecule has 0 aliphatic heterocycles. The van der Waals surface area contributed by atoms with Crippen LogP contribution < -0.4 is 9.47 Å². The zero-order valence-electron chi connectivity index (χ0n) is 8.81. The van der Waals surface area contributed by atoms with Gasteiger partial charge in [-0.2, -0.15) is 0 Å². The van der Waals surface area contributed by atoms with Crippen LogP contribution in [0, 0.1) is 3.57 Å². The normalized spacial score (nSPS) is 10.4. The summed E-state index contributed by atoms with van der Waals surface area (Å²) in [5.41, 5.74) is 0.745. The van der Waals surface area contributed by atoms with E-state index in [1.807, 2.05) is 6.07 Å². The van der Waals surface area contributed by atoms with Crippen molar-refractivity contribution in [3.05, 3.63) is 33.9 Å². The van der Waals surface area contributed by atoms with Crippen molar-refractivity contribution in [2.75, 3.05) is 13.7 Å². The molecule has 5 heteroatoms. The standard InChI is InChI=1S/C11H12INO3/c1-3-4-16-11-9(12)5-8(7-13-14)6-10(11)15-2/h3,5-7,14H,1,4H2,2H3. The van der Waals surface area contributed by atoms with Crippen molar-refractivity contribution in [1.29, 1.82) is 0 Å². The molecular weight excluding hydrogens is 321 g/mol. The van der Waals surface area contributed by atoms with Gasteiger partial charge < -0.3 is 14.7 Å². The zero-order chi connectivity index (χ0) is 12.0. The van der Waals surface area contributed by atoms with Gasteiger partial charge in [-0.25, -0.2) is 0 Å². The monoisotopic (exact) mass is 333 g/mol. The molecule has 0 unspecified atom stereocenters. The van der Waals surface area contributed by atoms with E-state index in [9.17, 15) is 0 Å². The Hall–Kier alpha value is -1.24. The number of methoxy groups -OCH3 is 1. The summed E-state index contributed by atoms with van der Waals surface area (Å²) in [6.07, 6.45) is 3.00. The fraction of sp³-hybridized carbons (Fsp3) is 0.182. The van der Waals surface area contributed by atoms with Crippen molar-refractivity contribution in [1.82, 2.24) is 0 Å². The number of oxime groups is 1. The minimum atomic E-state index is 0.416. The first-order chi connectivity index (χ1) is 7.72. The third-order valence-corrected chi connectivity index (χ3v) is 2.61. The van der Waals surface area contributed by atoms with Crippen LogP contribution in [0.15, 0.2) is 29.9 Å². The Morgan fingerprint density at radius 1 is 1.56 bits per heavy atom. The van der Waals surface area contributed by atoms with E-state index in [2.05, 4.69) is 34.3 Å². The topological polar surface area (TPSA) is 51.0 Å². The lowest BCUT2D eigenvalue weighted by Gasteiger charge is -2.11. The van der Waals surface area contributed by atoms with Crippen molar-refractivity contribution in [3.8, 4) is 11.5 Å².